The summed E-state index contributed by atoms with van der Waals surface area (Å²) in [5, 5.41) is 6.12. The van der Waals surface area contributed by atoms with Gasteiger partial charge in [0, 0.05) is 33.4 Å². The van der Waals surface area contributed by atoms with Crippen molar-refractivity contribution in [2.75, 3.05) is 40.5 Å². The Morgan fingerprint density at radius 3 is 2.61 bits per heavy atom. The molecular formula is C13H26N2O3. The highest BCUT2D eigenvalue weighted by Gasteiger charge is 2.41. The highest BCUT2D eigenvalue weighted by Crippen LogP contribution is 2.48. The maximum Gasteiger partial charge on any atom is 0.234 e. The molecule has 1 aliphatic carbocycles. The zero-order chi connectivity index (χ0) is 13.4. The number of carbonyl (C=O) groups excluding carboxylic acids is 1. The molecule has 106 valence electrons. The van der Waals surface area contributed by atoms with Gasteiger partial charge in [-0.05, 0) is 31.6 Å². The van der Waals surface area contributed by atoms with E-state index < -0.39 is 0 Å². The van der Waals surface area contributed by atoms with Crippen molar-refractivity contribution < 1.29 is 14.3 Å². The summed E-state index contributed by atoms with van der Waals surface area (Å²) in [7, 11) is 3.36. The third kappa shape index (κ3) is 5.80. The Bertz CT molecular complexity index is 255. The minimum Gasteiger partial charge on any atom is -0.385 e. The molecule has 1 unspecified atom stereocenters. The second-order valence-corrected chi connectivity index (χ2v) is 5.27. The fourth-order valence-corrected chi connectivity index (χ4v) is 2.07. The highest BCUT2D eigenvalue weighted by molar-refractivity contribution is 5.78. The lowest BCUT2D eigenvalue weighted by molar-refractivity contribution is -0.121. The van der Waals surface area contributed by atoms with Crippen LogP contribution in [0, 0.1) is 5.41 Å². The largest absolute Gasteiger partial charge is 0.385 e. The van der Waals surface area contributed by atoms with Gasteiger partial charge < -0.3 is 20.1 Å². The van der Waals surface area contributed by atoms with Gasteiger partial charge in [0.25, 0.3) is 0 Å². The van der Waals surface area contributed by atoms with Crippen molar-refractivity contribution in [3.8, 4) is 0 Å². The van der Waals surface area contributed by atoms with Crippen LogP contribution >= 0.6 is 0 Å². The van der Waals surface area contributed by atoms with Gasteiger partial charge >= 0.3 is 0 Å². The standard InChI is InChI=1S/C13H26N2O3/c1-11(9-18-3)15-12(16)8-14-10-13(4-5-13)6-7-17-2/h11,14H,4-10H2,1-3H3,(H,15,16). The molecule has 0 aromatic carbocycles. The van der Waals surface area contributed by atoms with Gasteiger partial charge in [0.15, 0.2) is 0 Å². The lowest BCUT2D eigenvalue weighted by Gasteiger charge is -2.16. The number of ether oxygens (including phenoxy) is 2. The van der Waals surface area contributed by atoms with Gasteiger partial charge in [-0.2, -0.15) is 0 Å². The molecule has 0 spiro atoms. The van der Waals surface area contributed by atoms with Crippen LogP contribution in [0.5, 0.6) is 0 Å². The average molecular weight is 258 g/mol. The summed E-state index contributed by atoms with van der Waals surface area (Å²) < 4.78 is 10.1. The summed E-state index contributed by atoms with van der Waals surface area (Å²) in [6.07, 6.45) is 3.56. The van der Waals surface area contributed by atoms with Crippen LogP contribution in [0.25, 0.3) is 0 Å². The predicted octanol–water partition coefficient (Wildman–Crippen LogP) is 0.544. The van der Waals surface area contributed by atoms with E-state index in [1.54, 1.807) is 14.2 Å². The number of amides is 1. The quantitative estimate of drug-likeness (QED) is 0.600. The molecule has 2 N–H and O–H groups in total. The molecule has 5 heteroatoms. The molecule has 18 heavy (non-hydrogen) atoms. The lowest BCUT2D eigenvalue weighted by atomic mass is 10.0. The van der Waals surface area contributed by atoms with Gasteiger partial charge in [-0.3, -0.25) is 4.79 Å². The topological polar surface area (TPSA) is 59.6 Å². The van der Waals surface area contributed by atoms with Crippen LogP contribution in [0.1, 0.15) is 26.2 Å². The van der Waals surface area contributed by atoms with Gasteiger partial charge in [-0.1, -0.05) is 0 Å². The maximum absolute atomic E-state index is 11.6. The summed E-state index contributed by atoms with van der Waals surface area (Å²) in [5.74, 6) is 0.0297. The van der Waals surface area contributed by atoms with Crippen LogP contribution in [0.15, 0.2) is 0 Å². The number of methoxy groups -OCH3 is 2. The predicted molar refractivity (Wildman–Crippen MR) is 70.5 cm³/mol. The molecule has 0 heterocycles. The minimum atomic E-state index is 0.0297. The van der Waals surface area contributed by atoms with Crippen molar-refractivity contribution in [1.29, 1.82) is 0 Å². The van der Waals surface area contributed by atoms with Crippen LogP contribution in [0.4, 0.5) is 0 Å². The summed E-state index contributed by atoms with van der Waals surface area (Å²) in [4.78, 5) is 11.6. The summed E-state index contributed by atoms with van der Waals surface area (Å²) in [6.45, 7) is 4.57. The normalized spacial score (nSPS) is 18.4. The Hall–Kier alpha value is -0.650. The summed E-state index contributed by atoms with van der Waals surface area (Å²) in [6, 6.07) is 0.0627. The Labute approximate surface area is 110 Å². The molecule has 1 saturated carbocycles. The molecule has 0 aliphatic heterocycles. The van der Waals surface area contributed by atoms with Crippen LogP contribution in [-0.4, -0.2) is 52.5 Å². The van der Waals surface area contributed by atoms with Gasteiger partial charge in [0.1, 0.15) is 0 Å². The van der Waals surface area contributed by atoms with E-state index in [0.717, 1.165) is 19.6 Å². The lowest BCUT2D eigenvalue weighted by Crippen LogP contribution is -2.42. The maximum atomic E-state index is 11.6. The van der Waals surface area contributed by atoms with Crippen LogP contribution in [0.3, 0.4) is 0 Å². The van der Waals surface area contributed by atoms with E-state index in [9.17, 15) is 4.79 Å². The second kappa shape index (κ2) is 7.71. The van der Waals surface area contributed by atoms with Crippen molar-refractivity contribution in [2.24, 2.45) is 5.41 Å². The van der Waals surface area contributed by atoms with Crippen molar-refractivity contribution in [3.05, 3.63) is 0 Å². The fraction of sp³-hybridized carbons (Fsp3) is 0.923. The molecule has 1 aliphatic rings. The van der Waals surface area contributed by atoms with E-state index in [-0.39, 0.29) is 11.9 Å². The van der Waals surface area contributed by atoms with E-state index in [4.69, 9.17) is 9.47 Å². The van der Waals surface area contributed by atoms with Crippen LogP contribution in [0.2, 0.25) is 0 Å². The zero-order valence-electron chi connectivity index (χ0n) is 11.8. The molecular weight excluding hydrogens is 232 g/mol. The minimum absolute atomic E-state index is 0.0297. The average Bonchev–Trinajstić information content (AvgIpc) is 3.07. The van der Waals surface area contributed by atoms with E-state index in [2.05, 4.69) is 10.6 Å². The van der Waals surface area contributed by atoms with E-state index in [1.165, 1.54) is 12.8 Å². The van der Waals surface area contributed by atoms with E-state index >= 15 is 0 Å². The molecule has 5 nitrogen and oxygen atoms in total. The molecule has 1 fully saturated rings. The SMILES string of the molecule is COCCC1(CNCC(=O)NC(C)COC)CC1. The Morgan fingerprint density at radius 2 is 2.06 bits per heavy atom. The second-order valence-electron chi connectivity index (χ2n) is 5.27. The van der Waals surface area contributed by atoms with Gasteiger partial charge in [0.2, 0.25) is 5.91 Å². The van der Waals surface area contributed by atoms with E-state index in [0.29, 0.717) is 18.6 Å². The molecule has 1 atom stereocenters. The third-order valence-electron chi connectivity index (χ3n) is 3.40. The molecule has 0 radical (unpaired) electrons. The first kappa shape index (κ1) is 15.4. The van der Waals surface area contributed by atoms with Crippen molar-refractivity contribution >= 4 is 5.91 Å². The van der Waals surface area contributed by atoms with Crippen molar-refractivity contribution in [1.82, 2.24) is 10.6 Å². The third-order valence-corrected chi connectivity index (χ3v) is 3.40. The highest BCUT2D eigenvalue weighted by atomic mass is 16.5. The first-order valence-corrected chi connectivity index (χ1v) is 6.60. The van der Waals surface area contributed by atoms with Crippen molar-refractivity contribution in [3.63, 3.8) is 0 Å². The summed E-state index contributed by atoms with van der Waals surface area (Å²) in [5.41, 5.74) is 0.383. The number of rotatable bonds is 10. The van der Waals surface area contributed by atoms with Gasteiger partial charge in [-0.25, -0.2) is 0 Å². The number of carbonyl (C=O) groups is 1. The molecule has 0 saturated heterocycles. The van der Waals surface area contributed by atoms with Gasteiger partial charge in [-0.15, -0.1) is 0 Å². The van der Waals surface area contributed by atoms with Crippen molar-refractivity contribution in [2.45, 2.75) is 32.2 Å². The van der Waals surface area contributed by atoms with Gasteiger partial charge in [0.05, 0.1) is 13.2 Å². The number of nitrogens with one attached hydrogen (secondary N) is 2. The Kier molecular flexibility index (Phi) is 6.60. The van der Waals surface area contributed by atoms with Crippen LogP contribution in [-0.2, 0) is 14.3 Å². The molecule has 1 rings (SSSR count). The van der Waals surface area contributed by atoms with E-state index in [1.807, 2.05) is 6.92 Å². The Morgan fingerprint density at radius 1 is 1.33 bits per heavy atom. The fourth-order valence-electron chi connectivity index (χ4n) is 2.07. The Balaban J connectivity index is 2.08. The number of hydrogen-bond donors (Lipinski definition) is 2. The van der Waals surface area contributed by atoms with Crippen LogP contribution < -0.4 is 10.6 Å². The molecule has 0 aromatic heterocycles. The molecule has 0 aromatic rings. The summed E-state index contributed by atoms with van der Waals surface area (Å²) >= 11 is 0. The molecule has 0 bridgehead atoms. The smallest absolute Gasteiger partial charge is 0.234 e. The zero-order valence-corrected chi connectivity index (χ0v) is 11.8. The monoisotopic (exact) mass is 258 g/mol. The first-order valence-electron chi connectivity index (χ1n) is 6.60. The first-order chi connectivity index (χ1) is 8.62. The molecule has 1 amide bonds. The number of hydrogen-bond acceptors (Lipinski definition) is 4.